The van der Waals surface area contributed by atoms with Crippen LogP contribution in [0.5, 0.6) is 0 Å². The van der Waals surface area contributed by atoms with Crippen molar-refractivity contribution in [3.63, 3.8) is 0 Å². The van der Waals surface area contributed by atoms with Crippen molar-refractivity contribution < 1.29 is 0 Å². The van der Waals surface area contributed by atoms with Crippen molar-refractivity contribution in [2.75, 3.05) is 0 Å². The third-order valence-corrected chi connectivity index (χ3v) is 2.06. The number of nitrogens with two attached hydrogens (primary N) is 1. The number of alkyl halides is 1. The van der Waals surface area contributed by atoms with Gasteiger partial charge in [0.25, 0.3) is 0 Å². The van der Waals surface area contributed by atoms with Crippen molar-refractivity contribution in [3.8, 4) is 0 Å². The molecule has 50 valence electrons. The molecular weight excluding hydrogens is 157 g/mol. The first kappa shape index (κ1) is 6.97. The van der Waals surface area contributed by atoms with Gasteiger partial charge < -0.3 is 5.73 Å². The number of hydrogen-bond acceptors (Lipinski definition) is 1. The predicted octanol–water partition coefficient (Wildman–Crippen LogP) is 1.96. The first-order chi connectivity index (χ1) is 4.20. The number of allylic oxidation sites excluding steroid dienone is 4. The van der Waals surface area contributed by atoms with E-state index < -0.39 is 0 Å². The predicted molar refractivity (Wildman–Crippen MR) is 40.5 cm³/mol. The highest BCUT2D eigenvalue weighted by atomic mass is 35.5. The van der Waals surface area contributed by atoms with Gasteiger partial charge in [0, 0.05) is 17.2 Å². The summed E-state index contributed by atoms with van der Waals surface area (Å²) in [6.07, 6.45) is 4.18. The molecule has 0 spiro atoms. The van der Waals surface area contributed by atoms with Crippen molar-refractivity contribution in [2.24, 2.45) is 5.73 Å². The van der Waals surface area contributed by atoms with E-state index in [0.29, 0.717) is 11.5 Å². The first-order valence-electron chi connectivity index (χ1n) is 2.66. The lowest BCUT2D eigenvalue weighted by molar-refractivity contribution is 0.938. The second kappa shape index (κ2) is 2.63. The lowest BCUT2D eigenvalue weighted by Crippen LogP contribution is -2.09. The maximum atomic E-state index is 5.74. The molecule has 1 rings (SSSR count). The van der Waals surface area contributed by atoms with Crippen molar-refractivity contribution in [1.29, 1.82) is 0 Å². The van der Waals surface area contributed by atoms with Crippen LogP contribution in [0.3, 0.4) is 0 Å². The van der Waals surface area contributed by atoms with Gasteiger partial charge in [-0.2, -0.15) is 0 Å². The number of hydrogen-bond donors (Lipinski definition) is 1. The van der Waals surface area contributed by atoms with Crippen molar-refractivity contribution >= 4 is 23.2 Å². The summed E-state index contributed by atoms with van der Waals surface area (Å²) in [7, 11) is 0. The van der Waals surface area contributed by atoms with E-state index in [-0.39, 0.29) is 5.38 Å². The Kier molecular flexibility index (Phi) is 2.04. The summed E-state index contributed by atoms with van der Waals surface area (Å²) in [5, 5.41) is 0.558. The highest BCUT2D eigenvalue weighted by Gasteiger charge is 2.12. The molecule has 1 aliphatic carbocycles. The second-order valence-electron chi connectivity index (χ2n) is 1.96. The molecule has 0 aromatic carbocycles. The second-order valence-corrected chi connectivity index (χ2v) is 2.93. The maximum Gasteiger partial charge on any atom is 0.0746 e. The van der Waals surface area contributed by atoms with Crippen LogP contribution in [0.1, 0.15) is 6.42 Å². The Morgan fingerprint density at radius 1 is 1.56 bits per heavy atom. The van der Waals surface area contributed by atoms with Gasteiger partial charge in [-0.05, 0) is 12.2 Å². The van der Waals surface area contributed by atoms with Crippen LogP contribution in [0, 0.1) is 0 Å². The Morgan fingerprint density at radius 2 is 2.22 bits per heavy atom. The fourth-order valence-electron chi connectivity index (χ4n) is 0.664. The molecule has 9 heavy (non-hydrogen) atoms. The molecule has 0 saturated carbocycles. The molecule has 0 aliphatic heterocycles. The molecule has 1 atom stereocenters. The minimum absolute atomic E-state index is 0.114. The fraction of sp³-hybridized carbons (Fsp3) is 0.333. The lowest BCUT2D eigenvalue weighted by Gasteiger charge is -2.11. The van der Waals surface area contributed by atoms with Gasteiger partial charge in [-0.1, -0.05) is 11.6 Å². The van der Waals surface area contributed by atoms with E-state index in [4.69, 9.17) is 28.9 Å². The van der Waals surface area contributed by atoms with E-state index in [2.05, 4.69) is 0 Å². The molecule has 0 bridgehead atoms. The van der Waals surface area contributed by atoms with E-state index >= 15 is 0 Å². The van der Waals surface area contributed by atoms with Gasteiger partial charge in [0.05, 0.1) is 5.38 Å². The monoisotopic (exact) mass is 163 g/mol. The summed E-state index contributed by atoms with van der Waals surface area (Å²) in [5.74, 6) is 0. The standard InChI is InChI=1S/C6H7Cl2N/c7-5-2-1-4(9)3-6(5)8/h1-2,6H,3,9H2. The summed E-state index contributed by atoms with van der Waals surface area (Å²) in [5.41, 5.74) is 6.25. The lowest BCUT2D eigenvalue weighted by atomic mass is 10.1. The molecule has 1 aliphatic rings. The van der Waals surface area contributed by atoms with Gasteiger partial charge in [0.15, 0.2) is 0 Å². The first-order valence-corrected chi connectivity index (χ1v) is 3.47. The normalized spacial score (nSPS) is 27.1. The summed E-state index contributed by atoms with van der Waals surface area (Å²) in [6, 6.07) is 0. The molecule has 0 aromatic heterocycles. The minimum atomic E-state index is -0.114. The van der Waals surface area contributed by atoms with Gasteiger partial charge in [-0.3, -0.25) is 0 Å². The third-order valence-electron chi connectivity index (χ3n) is 1.17. The molecule has 2 N–H and O–H groups in total. The summed E-state index contributed by atoms with van der Waals surface area (Å²) in [4.78, 5) is 0. The van der Waals surface area contributed by atoms with Gasteiger partial charge in [-0.25, -0.2) is 0 Å². The smallest absolute Gasteiger partial charge is 0.0746 e. The Labute approximate surface area is 64.1 Å². The van der Waals surface area contributed by atoms with Crippen LogP contribution < -0.4 is 5.73 Å². The molecule has 3 heteroatoms. The van der Waals surface area contributed by atoms with Gasteiger partial charge >= 0.3 is 0 Å². The molecule has 0 amide bonds. The Hall–Kier alpha value is -0.140. The molecular formula is C6H7Cl2N. The molecule has 1 unspecified atom stereocenters. The Morgan fingerprint density at radius 3 is 2.67 bits per heavy atom. The molecule has 0 aromatic rings. The maximum absolute atomic E-state index is 5.74. The van der Waals surface area contributed by atoms with Gasteiger partial charge in [-0.15, -0.1) is 11.6 Å². The highest BCUT2D eigenvalue weighted by molar-refractivity contribution is 6.37. The van der Waals surface area contributed by atoms with Crippen LogP contribution in [0.4, 0.5) is 0 Å². The summed E-state index contributed by atoms with van der Waals surface area (Å²) >= 11 is 11.4. The van der Waals surface area contributed by atoms with E-state index in [1.54, 1.807) is 12.2 Å². The summed E-state index contributed by atoms with van der Waals surface area (Å²) < 4.78 is 0. The quantitative estimate of drug-likeness (QED) is 0.544. The van der Waals surface area contributed by atoms with Crippen LogP contribution >= 0.6 is 23.2 Å². The SMILES string of the molecule is NC1=CC=C(Cl)C(Cl)C1. The van der Waals surface area contributed by atoms with Crippen molar-refractivity contribution in [2.45, 2.75) is 11.8 Å². The zero-order valence-corrected chi connectivity index (χ0v) is 6.28. The molecule has 0 fully saturated rings. The number of rotatable bonds is 0. The van der Waals surface area contributed by atoms with Crippen LogP contribution in [0.15, 0.2) is 22.9 Å². The average Bonchev–Trinajstić information content (AvgIpc) is 1.80. The topological polar surface area (TPSA) is 26.0 Å². The van der Waals surface area contributed by atoms with Gasteiger partial charge in [0.1, 0.15) is 0 Å². The van der Waals surface area contributed by atoms with Crippen LogP contribution in [0.25, 0.3) is 0 Å². The molecule has 0 heterocycles. The van der Waals surface area contributed by atoms with E-state index in [0.717, 1.165) is 5.70 Å². The van der Waals surface area contributed by atoms with Crippen molar-refractivity contribution in [3.05, 3.63) is 22.9 Å². The van der Waals surface area contributed by atoms with E-state index in [1.807, 2.05) is 0 Å². The zero-order chi connectivity index (χ0) is 6.85. The largest absolute Gasteiger partial charge is 0.402 e. The van der Waals surface area contributed by atoms with Gasteiger partial charge in [0.2, 0.25) is 0 Å². The third kappa shape index (κ3) is 1.63. The Bertz CT molecular complexity index is 172. The molecule has 0 saturated heterocycles. The summed E-state index contributed by atoms with van der Waals surface area (Å²) in [6.45, 7) is 0. The number of halogens is 2. The highest BCUT2D eigenvalue weighted by Crippen LogP contribution is 2.23. The van der Waals surface area contributed by atoms with Crippen LogP contribution in [-0.2, 0) is 0 Å². The fourth-order valence-corrected chi connectivity index (χ4v) is 1.05. The Balaban J connectivity index is 2.74. The molecule has 1 nitrogen and oxygen atoms in total. The minimum Gasteiger partial charge on any atom is -0.402 e. The van der Waals surface area contributed by atoms with Crippen LogP contribution in [0.2, 0.25) is 0 Å². The van der Waals surface area contributed by atoms with E-state index in [9.17, 15) is 0 Å². The van der Waals surface area contributed by atoms with Crippen LogP contribution in [-0.4, -0.2) is 5.38 Å². The van der Waals surface area contributed by atoms with Crippen molar-refractivity contribution in [1.82, 2.24) is 0 Å². The average molecular weight is 164 g/mol. The zero-order valence-electron chi connectivity index (χ0n) is 4.77. The molecule has 0 radical (unpaired) electrons. The van der Waals surface area contributed by atoms with E-state index in [1.165, 1.54) is 0 Å².